The Labute approximate surface area is 115 Å². The lowest BCUT2D eigenvalue weighted by atomic mass is 10.1. The molecule has 0 aliphatic rings. The number of rotatable bonds is 6. The first kappa shape index (κ1) is 14.8. The van der Waals surface area contributed by atoms with Crippen LogP contribution >= 0.6 is 34.5 Å². The molecule has 2 N–H and O–H groups in total. The monoisotopic (exact) mass is 295 g/mol. The van der Waals surface area contributed by atoms with Crippen LogP contribution in [0.1, 0.15) is 30.1 Å². The van der Waals surface area contributed by atoms with Crippen molar-refractivity contribution in [3.05, 3.63) is 20.3 Å². The minimum atomic E-state index is -0.199. The van der Waals surface area contributed by atoms with Crippen molar-refractivity contribution in [2.45, 2.75) is 19.8 Å². The average molecular weight is 296 g/mol. The molecule has 1 amide bonds. The molecule has 1 atom stereocenters. The third-order valence-electron chi connectivity index (χ3n) is 2.37. The largest absolute Gasteiger partial charge is 0.396 e. The number of thiophene rings is 1. The highest BCUT2D eigenvalue weighted by atomic mass is 35.5. The maximum absolute atomic E-state index is 11.7. The van der Waals surface area contributed by atoms with Gasteiger partial charge in [-0.25, -0.2) is 0 Å². The van der Waals surface area contributed by atoms with Crippen LogP contribution in [0, 0.1) is 5.92 Å². The molecule has 6 heteroatoms. The summed E-state index contributed by atoms with van der Waals surface area (Å²) in [6, 6.07) is 1.57. The topological polar surface area (TPSA) is 49.3 Å². The fourth-order valence-corrected chi connectivity index (χ4v) is 2.79. The van der Waals surface area contributed by atoms with E-state index in [4.69, 9.17) is 28.3 Å². The number of carbonyl (C=O) groups excluding carboxylic acids is 1. The van der Waals surface area contributed by atoms with Gasteiger partial charge in [0.2, 0.25) is 0 Å². The molecule has 1 aromatic rings. The van der Waals surface area contributed by atoms with Crippen LogP contribution in [0.2, 0.25) is 8.67 Å². The Morgan fingerprint density at radius 1 is 1.59 bits per heavy atom. The lowest BCUT2D eigenvalue weighted by Gasteiger charge is -2.08. The van der Waals surface area contributed by atoms with Crippen molar-refractivity contribution in [3.63, 3.8) is 0 Å². The van der Waals surface area contributed by atoms with Crippen LogP contribution in [0.15, 0.2) is 6.07 Å². The minimum absolute atomic E-state index is 0.180. The molecule has 1 heterocycles. The predicted molar refractivity (Wildman–Crippen MR) is 72.2 cm³/mol. The van der Waals surface area contributed by atoms with E-state index in [1.807, 2.05) is 6.92 Å². The number of hydrogen-bond donors (Lipinski definition) is 2. The molecule has 1 unspecified atom stereocenters. The molecular formula is C11H15Cl2NO2S. The lowest BCUT2D eigenvalue weighted by molar-refractivity contribution is 0.0952. The van der Waals surface area contributed by atoms with Gasteiger partial charge in [0.15, 0.2) is 0 Å². The Balaban J connectivity index is 2.33. The molecule has 17 heavy (non-hydrogen) atoms. The number of aliphatic hydroxyl groups excluding tert-OH is 1. The number of hydrogen-bond acceptors (Lipinski definition) is 3. The molecule has 0 bridgehead atoms. The summed E-state index contributed by atoms with van der Waals surface area (Å²) < 4.78 is 0.922. The smallest absolute Gasteiger partial charge is 0.253 e. The summed E-state index contributed by atoms with van der Waals surface area (Å²) in [6.07, 6.45) is 1.72. The van der Waals surface area contributed by atoms with Crippen LogP contribution in [0.4, 0.5) is 0 Å². The van der Waals surface area contributed by atoms with Crippen LogP contribution in [0.25, 0.3) is 0 Å². The SMILES string of the molecule is CC(CO)CCCNC(=O)c1cc(Cl)sc1Cl. The Kier molecular flexibility index (Phi) is 6.27. The normalized spacial score (nSPS) is 12.5. The Bertz CT molecular complexity index is 382. The van der Waals surface area contributed by atoms with Gasteiger partial charge in [-0.3, -0.25) is 4.79 Å². The molecule has 0 aliphatic carbocycles. The molecule has 0 radical (unpaired) electrons. The van der Waals surface area contributed by atoms with Crippen LogP contribution in [-0.4, -0.2) is 24.2 Å². The summed E-state index contributed by atoms with van der Waals surface area (Å²) in [4.78, 5) is 11.7. The van der Waals surface area contributed by atoms with Gasteiger partial charge in [-0.15, -0.1) is 11.3 Å². The number of halogens is 2. The zero-order valence-corrected chi connectivity index (χ0v) is 11.8. The molecule has 3 nitrogen and oxygen atoms in total. The molecule has 0 aliphatic heterocycles. The molecular weight excluding hydrogens is 281 g/mol. The van der Waals surface area contributed by atoms with Gasteiger partial charge in [-0.05, 0) is 24.8 Å². The van der Waals surface area contributed by atoms with E-state index in [0.717, 1.165) is 12.8 Å². The van der Waals surface area contributed by atoms with E-state index in [1.54, 1.807) is 6.07 Å². The third-order valence-corrected chi connectivity index (χ3v) is 3.86. The van der Waals surface area contributed by atoms with Crippen molar-refractivity contribution in [3.8, 4) is 0 Å². The summed E-state index contributed by atoms with van der Waals surface area (Å²) in [5.41, 5.74) is 0.428. The first-order valence-electron chi connectivity index (χ1n) is 5.38. The Hall–Kier alpha value is -0.290. The molecule has 0 fully saturated rings. The van der Waals surface area contributed by atoms with E-state index in [9.17, 15) is 4.79 Å². The second-order valence-electron chi connectivity index (χ2n) is 3.92. The third kappa shape index (κ3) is 4.84. The molecule has 0 aromatic carbocycles. The zero-order valence-electron chi connectivity index (χ0n) is 9.50. The average Bonchev–Trinajstić information content (AvgIpc) is 2.63. The maximum Gasteiger partial charge on any atom is 0.253 e. The number of amides is 1. The van der Waals surface area contributed by atoms with Crippen molar-refractivity contribution in [2.24, 2.45) is 5.92 Å². The van der Waals surface area contributed by atoms with Crippen molar-refractivity contribution in [1.82, 2.24) is 5.32 Å². The summed E-state index contributed by atoms with van der Waals surface area (Å²) in [5, 5.41) is 11.6. The van der Waals surface area contributed by atoms with Crippen LogP contribution < -0.4 is 5.32 Å². The second-order valence-corrected chi connectivity index (χ2v) is 6.21. The van der Waals surface area contributed by atoms with Gasteiger partial charge in [0.1, 0.15) is 4.34 Å². The lowest BCUT2D eigenvalue weighted by Crippen LogP contribution is -2.24. The summed E-state index contributed by atoms with van der Waals surface area (Å²) >= 11 is 12.8. The highest BCUT2D eigenvalue weighted by molar-refractivity contribution is 7.20. The van der Waals surface area contributed by atoms with Crippen LogP contribution in [0.5, 0.6) is 0 Å². The van der Waals surface area contributed by atoms with E-state index in [-0.39, 0.29) is 18.4 Å². The summed E-state index contributed by atoms with van der Waals surface area (Å²) in [5.74, 6) is 0.0703. The van der Waals surface area contributed by atoms with E-state index in [2.05, 4.69) is 5.32 Å². The van der Waals surface area contributed by atoms with Crippen molar-refractivity contribution >= 4 is 40.4 Å². The van der Waals surface area contributed by atoms with Gasteiger partial charge in [0.25, 0.3) is 5.91 Å². The van der Waals surface area contributed by atoms with Gasteiger partial charge < -0.3 is 10.4 Å². The zero-order chi connectivity index (χ0) is 12.8. The summed E-state index contributed by atoms with van der Waals surface area (Å²) in [7, 11) is 0. The quantitative estimate of drug-likeness (QED) is 0.792. The fraction of sp³-hybridized carbons (Fsp3) is 0.545. The first-order valence-corrected chi connectivity index (χ1v) is 6.95. The van der Waals surface area contributed by atoms with Gasteiger partial charge in [0, 0.05) is 13.2 Å². The van der Waals surface area contributed by atoms with E-state index < -0.39 is 0 Å². The highest BCUT2D eigenvalue weighted by Crippen LogP contribution is 2.30. The highest BCUT2D eigenvalue weighted by Gasteiger charge is 2.13. The van der Waals surface area contributed by atoms with Crippen molar-refractivity contribution in [1.29, 1.82) is 0 Å². The minimum Gasteiger partial charge on any atom is -0.396 e. The maximum atomic E-state index is 11.7. The molecule has 96 valence electrons. The van der Waals surface area contributed by atoms with Gasteiger partial charge in [-0.1, -0.05) is 30.1 Å². The summed E-state index contributed by atoms with van der Waals surface area (Å²) in [6.45, 7) is 2.73. The van der Waals surface area contributed by atoms with Gasteiger partial charge >= 0.3 is 0 Å². The standard InChI is InChI=1S/C11H15Cl2NO2S/c1-7(6-15)3-2-4-14-11(16)8-5-9(12)17-10(8)13/h5,7,15H,2-4,6H2,1H3,(H,14,16). The molecule has 0 saturated heterocycles. The first-order chi connectivity index (χ1) is 8.04. The van der Waals surface area contributed by atoms with Gasteiger partial charge in [0.05, 0.1) is 9.90 Å². The van der Waals surface area contributed by atoms with E-state index in [1.165, 1.54) is 11.3 Å². The van der Waals surface area contributed by atoms with Crippen molar-refractivity contribution in [2.75, 3.05) is 13.2 Å². The predicted octanol–water partition coefficient (Wildman–Crippen LogP) is 3.19. The fourth-order valence-electron chi connectivity index (χ4n) is 1.33. The Morgan fingerprint density at radius 3 is 2.82 bits per heavy atom. The second kappa shape index (κ2) is 7.21. The van der Waals surface area contributed by atoms with Crippen LogP contribution in [0.3, 0.4) is 0 Å². The van der Waals surface area contributed by atoms with Crippen LogP contribution in [-0.2, 0) is 0 Å². The number of carbonyl (C=O) groups is 1. The number of nitrogens with one attached hydrogen (secondary N) is 1. The van der Waals surface area contributed by atoms with Gasteiger partial charge in [-0.2, -0.15) is 0 Å². The molecule has 1 aromatic heterocycles. The Morgan fingerprint density at radius 2 is 2.29 bits per heavy atom. The van der Waals surface area contributed by atoms with E-state index in [0.29, 0.717) is 20.8 Å². The molecule has 0 saturated carbocycles. The molecule has 0 spiro atoms. The van der Waals surface area contributed by atoms with E-state index >= 15 is 0 Å². The van der Waals surface area contributed by atoms with Crippen molar-refractivity contribution < 1.29 is 9.90 Å². The molecule has 1 rings (SSSR count). The number of aliphatic hydroxyl groups is 1.